The van der Waals surface area contributed by atoms with E-state index in [1.54, 1.807) is 17.1 Å². The van der Waals surface area contributed by atoms with Crippen LogP contribution >= 0.6 is 0 Å². The first-order valence-electron chi connectivity index (χ1n) is 6.34. The third-order valence-electron chi connectivity index (χ3n) is 3.19. The zero-order valence-corrected chi connectivity index (χ0v) is 10.7. The second kappa shape index (κ2) is 5.30. The Morgan fingerprint density at radius 1 is 1.50 bits per heavy atom. The first-order valence-corrected chi connectivity index (χ1v) is 6.34. The van der Waals surface area contributed by atoms with E-state index in [9.17, 15) is 9.59 Å². The van der Waals surface area contributed by atoms with E-state index in [0.717, 1.165) is 13.0 Å². The molecule has 0 aliphatic carbocycles. The molecule has 3 heterocycles. The Morgan fingerprint density at radius 2 is 2.40 bits per heavy atom. The molecular formula is C13H14N4O3. The molecule has 2 aromatic rings. The molecule has 0 spiro atoms. The summed E-state index contributed by atoms with van der Waals surface area (Å²) in [6, 6.07) is 3.02. The molecule has 0 aromatic carbocycles. The van der Waals surface area contributed by atoms with E-state index in [2.05, 4.69) is 15.4 Å². The summed E-state index contributed by atoms with van der Waals surface area (Å²) in [4.78, 5) is 25.4. The zero-order valence-electron chi connectivity index (χ0n) is 10.7. The first-order chi connectivity index (χ1) is 9.72. The number of carbonyl (C=O) groups is 1. The van der Waals surface area contributed by atoms with Crippen LogP contribution in [0.2, 0.25) is 0 Å². The summed E-state index contributed by atoms with van der Waals surface area (Å²) >= 11 is 0. The van der Waals surface area contributed by atoms with Gasteiger partial charge in [-0.15, -0.1) is 0 Å². The van der Waals surface area contributed by atoms with Gasteiger partial charge in [-0.05, 0) is 12.5 Å². The molecule has 1 unspecified atom stereocenters. The summed E-state index contributed by atoms with van der Waals surface area (Å²) in [5.41, 5.74) is 0.769. The quantitative estimate of drug-likeness (QED) is 0.865. The van der Waals surface area contributed by atoms with Gasteiger partial charge in [0, 0.05) is 25.1 Å². The van der Waals surface area contributed by atoms with Gasteiger partial charge in [0.1, 0.15) is 0 Å². The topological polar surface area (TPSA) is 89.0 Å². The molecule has 20 heavy (non-hydrogen) atoms. The Bertz CT molecular complexity index is 650. The SMILES string of the molecule is O=C(Nc1cnn(C2CCOC2)c1)c1ccc(=O)[nH]c1. The summed E-state index contributed by atoms with van der Waals surface area (Å²) in [5.74, 6) is -0.288. The standard InChI is InChI=1S/C13H14N4O3/c18-12-2-1-9(5-14-12)13(19)16-10-6-15-17(7-10)11-3-4-20-8-11/h1-2,5-7,11H,3-4,8H2,(H,14,18)(H,16,19). The number of carbonyl (C=O) groups excluding carboxylic acids is 1. The third-order valence-corrected chi connectivity index (χ3v) is 3.19. The molecule has 104 valence electrons. The lowest BCUT2D eigenvalue weighted by Crippen LogP contribution is -2.14. The predicted octanol–water partition coefficient (Wildman–Crippen LogP) is 0.785. The van der Waals surface area contributed by atoms with Gasteiger partial charge in [-0.2, -0.15) is 5.10 Å². The van der Waals surface area contributed by atoms with Crippen LogP contribution in [0.15, 0.2) is 35.5 Å². The van der Waals surface area contributed by atoms with Crippen molar-refractivity contribution >= 4 is 11.6 Å². The van der Waals surface area contributed by atoms with Gasteiger partial charge in [0.2, 0.25) is 5.56 Å². The number of pyridine rings is 1. The first kappa shape index (κ1) is 12.6. The van der Waals surface area contributed by atoms with Crippen LogP contribution in [0.5, 0.6) is 0 Å². The summed E-state index contributed by atoms with van der Waals surface area (Å²) in [5, 5.41) is 6.96. The van der Waals surface area contributed by atoms with E-state index in [4.69, 9.17) is 4.74 Å². The molecule has 2 N–H and O–H groups in total. The Hall–Kier alpha value is -2.41. The second-order valence-electron chi connectivity index (χ2n) is 4.62. The number of anilines is 1. The van der Waals surface area contributed by atoms with Crippen LogP contribution in [0, 0.1) is 0 Å². The van der Waals surface area contributed by atoms with Crippen LogP contribution in [0.4, 0.5) is 5.69 Å². The number of ether oxygens (including phenoxy) is 1. The largest absolute Gasteiger partial charge is 0.379 e. The lowest BCUT2D eigenvalue weighted by atomic mass is 10.2. The summed E-state index contributed by atoms with van der Waals surface area (Å²) < 4.78 is 7.10. The van der Waals surface area contributed by atoms with E-state index in [0.29, 0.717) is 17.9 Å². The number of aromatic nitrogens is 3. The van der Waals surface area contributed by atoms with Gasteiger partial charge in [-0.25, -0.2) is 0 Å². The van der Waals surface area contributed by atoms with E-state index in [1.807, 2.05) is 0 Å². The minimum Gasteiger partial charge on any atom is -0.379 e. The van der Waals surface area contributed by atoms with Crippen molar-refractivity contribution in [1.29, 1.82) is 0 Å². The summed E-state index contributed by atoms with van der Waals surface area (Å²) in [7, 11) is 0. The van der Waals surface area contributed by atoms with Crippen molar-refractivity contribution in [2.75, 3.05) is 18.5 Å². The van der Waals surface area contributed by atoms with E-state index in [1.165, 1.54) is 18.3 Å². The number of nitrogens with zero attached hydrogens (tertiary/aromatic N) is 2. The fraction of sp³-hybridized carbons (Fsp3) is 0.308. The molecule has 1 amide bonds. The second-order valence-corrected chi connectivity index (χ2v) is 4.62. The molecule has 0 bridgehead atoms. The smallest absolute Gasteiger partial charge is 0.257 e. The van der Waals surface area contributed by atoms with Crippen molar-refractivity contribution in [1.82, 2.24) is 14.8 Å². The number of hydrogen-bond acceptors (Lipinski definition) is 4. The molecule has 0 radical (unpaired) electrons. The van der Waals surface area contributed by atoms with Gasteiger partial charge in [-0.1, -0.05) is 0 Å². The normalized spacial score (nSPS) is 18.1. The Labute approximate surface area is 114 Å². The minimum atomic E-state index is -0.288. The fourth-order valence-corrected chi connectivity index (χ4v) is 2.09. The van der Waals surface area contributed by atoms with Crippen molar-refractivity contribution in [2.24, 2.45) is 0 Å². The lowest BCUT2D eigenvalue weighted by Gasteiger charge is -2.06. The zero-order chi connectivity index (χ0) is 13.9. The van der Waals surface area contributed by atoms with Crippen molar-refractivity contribution in [3.63, 3.8) is 0 Å². The number of amides is 1. The highest BCUT2D eigenvalue weighted by Gasteiger charge is 2.18. The molecule has 1 atom stereocenters. The van der Waals surface area contributed by atoms with E-state index < -0.39 is 0 Å². The Morgan fingerprint density at radius 3 is 3.10 bits per heavy atom. The highest BCUT2D eigenvalue weighted by atomic mass is 16.5. The van der Waals surface area contributed by atoms with Gasteiger partial charge in [0.15, 0.2) is 0 Å². The molecule has 1 saturated heterocycles. The maximum atomic E-state index is 12.0. The van der Waals surface area contributed by atoms with Gasteiger partial charge < -0.3 is 15.0 Å². The average Bonchev–Trinajstić information content (AvgIpc) is 3.09. The van der Waals surface area contributed by atoms with Gasteiger partial charge >= 0.3 is 0 Å². The molecule has 3 rings (SSSR count). The van der Waals surface area contributed by atoms with Crippen molar-refractivity contribution in [3.05, 3.63) is 46.6 Å². The van der Waals surface area contributed by atoms with Crippen LogP contribution < -0.4 is 10.9 Å². The fourth-order valence-electron chi connectivity index (χ4n) is 2.09. The van der Waals surface area contributed by atoms with Crippen LogP contribution in [0.3, 0.4) is 0 Å². The molecule has 7 heteroatoms. The van der Waals surface area contributed by atoms with Crippen molar-refractivity contribution in [2.45, 2.75) is 12.5 Å². The summed E-state index contributed by atoms with van der Waals surface area (Å²) in [6.45, 7) is 1.39. The molecule has 2 aromatic heterocycles. The molecule has 1 aliphatic heterocycles. The average molecular weight is 274 g/mol. The highest BCUT2D eigenvalue weighted by Crippen LogP contribution is 2.19. The Balaban J connectivity index is 1.69. The summed E-state index contributed by atoms with van der Waals surface area (Å²) in [6.07, 6.45) is 5.69. The predicted molar refractivity (Wildman–Crippen MR) is 71.7 cm³/mol. The van der Waals surface area contributed by atoms with Crippen molar-refractivity contribution in [3.8, 4) is 0 Å². The number of nitrogens with one attached hydrogen (secondary N) is 2. The lowest BCUT2D eigenvalue weighted by molar-refractivity contribution is 0.102. The highest BCUT2D eigenvalue weighted by molar-refractivity contribution is 6.03. The van der Waals surface area contributed by atoms with Crippen LogP contribution in [-0.4, -0.2) is 33.9 Å². The Kier molecular flexibility index (Phi) is 3.34. The third kappa shape index (κ3) is 2.62. The molecule has 1 aliphatic rings. The number of rotatable bonds is 3. The number of H-pyrrole nitrogens is 1. The van der Waals surface area contributed by atoms with Gasteiger partial charge in [0.05, 0.1) is 30.1 Å². The molecule has 1 fully saturated rings. The van der Waals surface area contributed by atoms with Gasteiger partial charge in [0.25, 0.3) is 5.91 Å². The minimum absolute atomic E-state index is 0.230. The molecule has 7 nitrogen and oxygen atoms in total. The number of hydrogen-bond donors (Lipinski definition) is 2. The maximum absolute atomic E-state index is 12.0. The van der Waals surface area contributed by atoms with Crippen molar-refractivity contribution < 1.29 is 9.53 Å². The maximum Gasteiger partial charge on any atom is 0.257 e. The molecular weight excluding hydrogens is 260 g/mol. The van der Waals surface area contributed by atoms with E-state index >= 15 is 0 Å². The van der Waals surface area contributed by atoms with Crippen LogP contribution in [0.25, 0.3) is 0 Å². The van der Waals surface area contributed by atoms with Crippen LogP contribution in [-0.2, 0) is 4.74 Å². The number of aromatic amines is 1. The monoisotopic (exact) mass is 274 g/mol. The van der Waals surface area contributed by atoms with E-state index in [-0.39, 0.29) is 17.5 Å². The van der Waals surface area contributed by atoms with Gasteiger partial charge in [-0.3, -0.25) is 14.3 Å². The molecule has 0 saturated carbocycles. The van der Waals surface area contributed by atoms with Crippen LogP contribution in [0.1, 0.15) is 22.8 Å².